The first-order valence-electron chi connectivity index (χ1n) is 8.50. The molecular formula is C17H21F4N3OS. The zero-order chi connectivity index (χ0) is 18.9. The van der Waals surface area contributed by atoms with E-state index in [1.807, 2.05) is 0 Å². The second kappa shape index (κ2) is 7.64. The summed E-state index contributed by atoms with van der Waals surface area (Å²) < 4.78 is 54.5. The van der Waals surface area contributed by atoms with Gasteiger partial charge in [-0.3, -0.25) is 0 Å². The zero-order valence-corrected chi connectivity index (χ0v) is 15.1. The fourth-order valence-electron chi connectivity index (χ4n) is 2.92. The summed E-state index contributed by atoms with van der Waals surface area (Å²) in [5, 5.41) is 9.43. The topological polar surface area (TPSA) is 47.9 Å². The third-order valence-corrected chi connectivity index (χ3v) is 5.36. The van der Waals surface area contributed by atoms with Crippen LogP contribution in [0.4, 0.5) is 28.9 Å². The minimum atomic E-state index is -4.25. The normalized spacial score (nSPS) is 18.0. The van der Waals surface area contributed by atoms with Crippen LogP contribution < -0.4 is 9.62 Å². The largest absolute Gasteiger partial charge is 0.396 e. The molecule has 1 fully saturated rings. The van der Waals surface area contributed by atoms with Crippen LogP contribution in [0.15, 0.2) is 22.0 Å². The van der Waals surface area contributed by atoms with Crippen LogP contribution in [0.2, 0.25) is 0 Å². The van der Waals surface area contributed by atoms with Gasteiger partial charge in [0.1, 0.15) is 17.3 Å². The lowest BCUT2D eigenvalue weighted by Crippen LogP contribution is -2.29. The minimum Gasteiger partial charge on any atom is -0.396 e. The number of aliphatic hydroxyl groups is 1. The molecule has 26 heavy (non-hydrogen) atoms. The first kappa shape index (κ1) is 19.3. The number of aliphatic hydroxyl groups excluding tert-OH is 1. The smallest absolute Gasteiger partial charge is 0.389 e. The molecule has 9 heteroatoms. The fourth-order valence-corrected chi connectivity index (χ4v) is 3.76. The standard InChI is InChI=1S/C17H21F4N3OS/c1-24(8-10(9-25)4-5-17(19,20)21)13-6-12(18)7-14-15(13)22-16(23-26-14)11-2-3-11/h6-7,10-11,25H,2-5,8-9H2,1H3,(H,22,23). The molecule has 1 atom stereocenters. The Hall–Kier alpha value is -1.48. The molecule has 4 nitrogen and oxygen atoms in total. The number of nitrogens with one attached hydrogen (secondary N) is 1. The lowest BCUT2D eigenvalue weighted by molar-refractivity contribution is -0.138. The maximum absolute atomic E-state index is 14.0. The Morgan fingerprint density at radius 1 is 1.38 bits per heavy atom. The van der Waals surface area contributed by atoms with E-state index in [1.54, 1.807) is 11.9 Å². The van der Waals surface area contributed by atoms with Crippen molar-refractivity contribution < 1.29 is 22.7 Å². The van der Waals surface area contributed by atoms with Gasteiger partial charge in [0.15, 0.2) is 0 Å². The number of hydrogen-bond acceptors (Lipinski definition) is 5. The van der Waals surface area contributed by atoms with Crippen LogP contribution in [-0.2, 0) is 0 Å². The second-order valence-corrected chi connectivity index (χ2v) is 7.68. The van der Waals surface area contributed by atoms with Gasteiger partial charge >= 0.3 is 6.18 Å². The van der Waals surface area contributed by atoms with Crippen molar-refractivity contribution in [3.63, 3.8) is 0 Å². The van der Waals surface area contributed by atoms with Gasteiger partial charge < -0.3 is 14.7 Å². The van der Waals surface area contributed by atoms with Gasteiger partial charge in [0.2, 0.25) is 0 Å². The van der Waals surface area contributed by atoms with Gasteiger partial charge in [-0.05, 0) is 49.3 Å². The molecule has 1 aromatic rings. The molecule has 1 heterocycles. The second-order valence-electron chi connectivity index (χ2n) is 6.83. The summed E-state index contributed by atoms with van der Waals surface area (Å²) in [7, 11) is 1.68. The van der Waals surface area contributed by atoms with E-state index in [0.717, 1.165) is 18.7 Å². The maximum Gasteiger partial charge on any atom is 0.389 e. The van der Waals surface area contributed by atoms with E-state index in [4.69, 9.17) is 0 Å². The van der Waals surface area contributed by atoms with E-state index >= 15 is 0 Å². The quantitative estimate of drug-likeness (QED) is 0.539. The summed E-state index contributed by atoms with van der Waals surface area (Å²) in [6.07, 6.45) is -3.24. The average Bonchev–Trinajstić information content (AvgIpc) is 3.41. The fraction of sp³-hybridized carbons (Fsp3) is 0.588. The molecule has 2 aliphatic rings. The highest BCUT2D eigenvalue weighted by molar-refractivity contribution is 7.98. The van der Waals surface area contributed by atoms with Gasteiger partial charge in [0.05, 0.1) is 10.6 Å². The molecule has 0 saturated heterocycles. The molecule has 144 valence electrons. The third-order valence-electron chi connectivity index (χ3n) is 4.52. The van der Waals surface area contributed by atoms with Crippen LogP contribution in [0.5, 0.6) is 0 Å². The Balaban J connectivity index is 1.78. The summed E-state index contributed by atoms with van der Waals surface area (Å²) in [6, 6.07) is 2.74. The van der Waals surface area contributed by atoms with E-state index in [9.17, 15) is 22.7 Å². The Labute approximate surface area is 153 Å². The van der Waals surface area contributed by atoms with Gasteiger partial charge in [0, 0.05) is 32.5 Å². The van der Waals surface area contributed by atoms with E-state index in [0.29, 0.717) is 22.2 Å². The van der Waals surface area contributed by atoms with Crippen molar-refractivity contribution in [2.24, 2.45) is 16.8 Å². The number of hydrogen-bond donors (Lipinski definition) is 2. The number of benzene rings is 1. The molecule has 0 aromatic heterocycles. The summed E-state index contributed by atoms with van der Waals surface area (Å²) in [6.45, 7) is -0.167. The van der Waals surface area contributed by atoms with Crippen LogP contribution in [0, 0.1) is 17.7 Å². The Morgan fingerprint density at radius 2 is 2.12 bits per heavy atom. The highest BCUT2D eigenvalue weighted by Crippen LogP contribution is 2.43. The van der Waals surface area contributed by atoms with E-state index in [1.165, 1.54) is 24.1 Å². The minimum absolute atomic E-state index is 0.172. The number of halogens is 4. The number of alkyl halides is 3. The highest BCUT2D eigenvalue weighted by Gasteiger charge is 2.32. The number of anilines is 1. The predicted molar refractivity (Wildman–Crippen MR) is 94.3 cm³/mol. The van der Waals surface area contributed by atoms with Crippen LogP contribution in [0.3, 0.4) is 0 Å². The number of amidine groups is 1. The van der Waals surface area contributed by atoms with Crippen molar-refractivity contribution in [1.82, 2.24) is 4.72 Å². The first-order valence-corrected chi connectivity index (χ1v) is 9.32. The van der Waals surface area contributed by atoms with E-state index < -0.39 is 24.3 Å². The van der Waals surface area contributed by atoms with Crippen molar-refractivity contribution >= 4 is 29.2 Å². The monoisotopic (exact) mass is 391 g/mol. The molecule has 1 aliphatic heterocycles. The molecule has 1 aromatic carbocycles. The van der Waals surface area contributed by atoms with Gasteiger partial charge in [-0.2, -0.15) is 13.2 Å². The number of rotatable bonds is 7. The molecule has 2 N–H and O–H groups in total. The van der Waals surface area contributed by atoms with E-state index in [2.05, 4.69) is 9.71 Å². The van der Waals surface area contributed by atoms with Crippen molar-refractivity contribution in [3.05, 3.63) is 17.9 Å². The van der Waals surface area contributed by atoms with Crippen molar-refractivity contribution in [1.29, 1.82) is 0 Å². The van der Waals surface area contributed by atoms with Crippen molar-refractivity contribution in [2.75, 3.05) is 25.1 Å². The molecular weight excluding hydrogens is 370 g/mol. The van der Waals surface area contributed by atoms with Crippen LogP contribution in [0.1, 0.15) is 25.7 Å². The molecule has 3 rings (SSSR count). The molecule has 1 unspecified atom stereocenters. The Morgan fingerprint density at radius 3 is 2.73 bits per heavy atom. The van der Waals surface area contributed by atoms with Crippen molar-refractivity contribution in [2.45, 2.75) is 36.8 Å². The zero-order valence-electron chi connectivity index (χ0n) is 14.3. The predicted octanol–water partition coefficient (Wildman–Crippen LogP) is 4.26. The molecule has 0 spiro atoms. The van der Waals surface area contributed by atoms with Crippen LogP contribution in [-0.4, -0.2) is 37.3 Å². The molecule has 0 amide bonds. The van der Waals surface area contributed by atoms with Crippen LogP contribution in [0.25, 0.3) is 0 Å². The molecule has 0 bridgehead atoms. The summed E-state index contributed by atoms with van der Waals surface area (Å²) in [4.78, 5) is 6.95. The van der Waals surface area contributed by atoms with Gasteiger partial charge in [-0.15, -0.1) is 0 Å². The van der Waals surface area contributed by atoms with Crippen LogP contribution >= 0.6 is 11.9 Å². The third kappa shape index (κ3) is 4.82. The molecule has 1 aliphatic carbocycles. The van der Waals surface area contributed by atoms with E-state index in [-0.39, 0.29) is 19.6 Å². The average molecular weight is 391 g/mol. The summed E-state index contributed by atoms with van der Waals surface area (Å²) in [5.74, 6) is 0.276. The maximum atomic E-state index is 14.0. The van der Waals surface area contributed by atoms with Gasteiger partial charge in [-0.1, -0.05) is 0 Å². The lowest BCUT2D eigenvalue weighted by Gasteiger charge is -2.28. The Bertz CT molecular complexity index is 691. The summed E-state index contributed by atoms with van der Waals surface area (Å²) >= 11 is 1.30. The highest BCUT2D eigenvalue weighted by atomic mass is 32.2. The van der Waals surface area contributed by atoms with Crippen molar-refractivity contribution in [3.8, 4) is 0 Å². The Kier molecular flexibility index (Phi) is 5.67. The first-order chi connectivity index (χ1) is 12.3. The number of aliphatic imine (C=N–C) groups is 1. The molecule has 0 radical (unpaired) electrons. The summed E-state index contributed by atoms with van der Waals surface area (Å²) in [5.41, 5.74) is 1.16. The SMILES string of the molecule is CN(CC(CO)CCC(F)(F)F)c1cc(F)cc2c1N=C(C1CC1)NS2. The van der Waals surface area contributed by atoms with Gasteiger partial charge in [0.25, 0.3) is 0 Å². The van der Waals surface area contributed by atoms with Gasteiger partial charge in [-0.25, -0.2) is 9.38 Å². The number of nitrogens with zero attached hydrogens (tertiary/aromatic N) is 2. The number of fused-ring (bicyclic) bond motifs is 1. The molecule has 1 saturated carbocycles. The lowest BCUT2D eigenvalue weighted by atomic mass is 10.0.